The van der Waals surface area contributed by atoms with Gasteiger partial charge in [0.25, 0.3) is 6.47 Å². The van der Waals surface area contributed by atoms with Gasteiger partial charge >= 0.3 is 0 Å². The van der Waals surface area contributed by atoms with Gasteiger partial charge in [0.2, 0.25) is 6.41 Å². The topological polar surface area (TPSA) is 94.5 Å². The van der Waals surface area contributed by atoms with E-state index in [1.54, 1.807) is 63.3 Å². The monoisotopic (exact) mass is 647 g/mol. The standard InChI is InChI=1S/C31H37ClFNO5.C3H8.CH2O2/c1-7-31(4,33)29-24(11-10-12-27(29)38-8-2)30(39-9-3)25-17-22(32)14-16-26(25)34(20-35)19-21-13-15-23(36-5)18-28(21)37-6;1-3-2;2-1-3/h10-18,20,30H,7-9,19H2,1-6H3;3H2,1-2H3;1H,(H,2,3)/t30-,31?;;/m1../s1. The summed E-state index contributed by atoms with van der Waals surface area (Å²) in [6.45, 7) is 12.0. The number of carbonyl (C=O) groups is 2. The summed E-state index contributed by atoms with van der Waals surface area (Å²) in [6, 6.07) is 16.1. The molecule has 0 bridgehead atoms. The summed E-state index contributed by atoms with van der Waals surface area (Å²) in [5.74, 6) is 1.69. The zero-order valence-electron chi connectivity index (χ0n) is 27.6. The molecule has 0 radical (unpaired) electrons. The summed E-state index contributed by atoms with van der Waals surface area (Å²) in [6.07, 6.45) is 1.52. The minimum absolute atomic E-state index is 0.214. The van der Waals surface area contributed by atoms with E-state index in [0.717, 1.165) is 12.0 Å². The third-order valence-electron chi connectivity index (χ3n) is 6.70. The van der Waals surface area contributed by atoms with Gasteiger partial charge in [-0.3, -0.25) is 9.59 Å². The molecular formula is C35H47ClFNO7. The van der Waals surface area contributed by atoms with Crippen molar-refractivity contribution >= 4 is 30.2 Å². The maximum Gasteiger partial charge on any atom is 0.290 e. The molecule has 8 nitrogen and oxygen atoms in total. The van der Waals surface area contributed by atoms with Gasteiger partial charge in [-0.1, -0.05) is 50.9 Å². The average Bonchev–Trinajstić information content (AvgIpc) is 3.03. The minimum atomic E-state index is -1.68. The second-order valence-corrected chi connectivity index (χ2v) is 10.4. The van der Waals surface area contributed by atoms with Crippen LogP contribution < -0.4 is 19.1 Å². The van der Waals surface area contributed by atoms with Crippen molar-refractivity contribution in [3.63, 3.8) is 0 Å². The van der Waals surface area contributed by atoms with E-state index in [1.807, 2.05) is 38.1 Å². The van der Waals surface area contributed by atoms with Crippen LogP contribution in [0.1, 0.15) is 82.7 Å². The Kier molecular flexibility index (Phi) is 17.6. The smallest absolute Gasteiger partial charge is 0.290 e. The van der Waals surface area contributed by atoms with Crippen LogP contribution in [0.4, 0.5) is 10.1 Å². The number of hydrogen-bond donors (Lipinski definition) is 1. The van der Waals surface area contributed by atoms with Gasteiger partial charge in [0, 0.05) is 40.1 Å². The third kappa shape index (κ3) is 10.9. The third-order valence-corrected chi connectivity index (χ3v) is 6.94. The fraction of sp³-hybridized carbons (Fsp3) is 0.429. The first-order valence-electron chi connectivity index (χ1n) is 14.9. The Labute approximate surface area is 272 Å². The molecule has 2 atom stereocenters. The Balaban J connectivity index is 0.00000156. The van der Waals surface area contributed by atoms with Gasteiger partial charge < -0.3 is 29.0 Å². The quantitative estimate of drug-likeness (QED) is 0.175. The molecular weight excluding hydrogens is 601 g/mol. The summed E-state index contributed by atoms with van der Waals surface area (Å²) in [5, 5.41) is 7.35. The molecule has 1 amide bonds. The molecule has 10 heteroatoms. The Bertz CT molecular complexity index is 1340. The lowest BCUT2D eigenvalue weighted by atomic mass is 9.85. The number of anilines is 1. The van der Waals surface area contributed by atoms with Crippen molar-refractivity contribution in [2.75, 3.05) is 32.3 Å². The molecule has 1 N–H and O–H groups in total. The van der Waals surface area contributed by atoms with Crippen LogP contribution in [0.15, 0.2) is 54.6 Å². The van der Waals surface area contributed by atoms with Crippen molar-refractivity contribution in [1.82, 2.24) is 0 Å². The van der Waals surface area contributed by atoms with Crippen molar-refractivity contribution in [2.24, 2.45) is 0 Å². The molecule has 0 spiro atoms. The second kappa shape index (κ2) is 20.3. The Morgan fingerprint density at radius 1 is 0.933 bits per heavy atom. The van der Waals surface area contributed by atoms with Gasteiger partial charge in [0.05, 0.1) is 27.4 Å². The SMILES string of the molecule is CCC.CCOc1cccc([C@@H](OCC)c2cc(Cl)ccc2N(C=O)Cc2ccc(OC)cc2OC)c1C(C)(F)CC.O=CO. The van der Waals surface area contributed by atoms with Crippen LogP contribution >= 0.6 is 11.6 Å². The minimum Gasteiger partial charge on any atom is -0.497 e. The molecule has 0 aliphatic carbocycles. The number of benzene rings is 3. The molecule has 0 heterocycles. The van der Waals surface area contributed by atoms with Crippen molar-refractivity contribution in [3.8, 4) is 17.2 Å². The largest absolute Gasteiger partial charge is 0.497 e. The van der Waals surface area contributed by atoms with E-state index >= 15 is 4.39 Å². The normalized spacial score (nSPS) is 12.2. The van der Waals surface area contributed by atoms with Gasteiger partial charge in [-0.15, -0.1) is 0 Å². The molecule has 0 saturated carbocycles. The maximum absolute atomic E-state index is 16.1. The van der Waals surface area contributed by atoms with Gasteiger partial charge in [-0.2, -0.15) is 0 Å². The van der Waals surface area contributed by atoms with Crippen molar-refractivity contribution in [1.29, 1.82) is 0 Å². The van der Waals surface area contributed by atoms with E-state index in [-0.39, 0.29) is 19.4 Å². The highest BCUT2D eigenvalue weighted by Crippen LogP contribution is 2.45. The van der Waals surface area contributed by atoms with Crippen molar-refractivity contribution in [3.05, 3.63) is 81.9 Å². The van der Waals surface area contributed by atoms with E-state index in [1.165, 1.54) is 6.42 Å². The van der Waals surface area contributed by atoms with Crippen molar-refractivity contribution in [2.45, 2.75) is 72.7 Å². The van der Waals surface area contributed by atoms with E-state index < -0.39 is 11.8 Å². The van der Waals surface area contributed by atoms with Crippen LogP contribution in [0, 0.1) is 0 Å². The van der Waals surface area contributed by atoms with Gasteiger partial charge in [-0.05, 0) is 69.2 Å². The van der Waals surface area contributed by atoms with Gasteiger partial charge in [0.1, 0.15) is 29.0 Å². The summed E-state index contributed by atoms with van der Waals surface area (Å²) in [7, 11) is 3.15. The average molecular weight is 648 g/mol. The van der Waals surface area contributed by atoms with Crippen LogP contribution in [0.2, 0.25) is 5.02 Å². The predicted octanol–water partition coefficient (Wildman–Crippen LogP) is 8.76. The van der Waals surface area contributed by atoms with Crippen LogP contribution in [0.5, 0.6) is 17.2 Å². The van der Waals surface area contributed by atoms with Crippen molar-refractivity contribution < 1.29 is 38.0 Å². The fourth-order valence-electron chi connectivity index (χ4n) is 4.63. The van der Waals surface area contributed by atoms with Crippen LogP contribution in [0.25, 0.3) is 0 Å². The molecule has 3 aromatic carbocycles. The Hall–Kier alpha value is -3.82. The fourth-order valence-corrected chi connectivity index (χ4v) is 4.81. The predicted molar refractivity (Wildman–Crippen MR) is 178 cm³/mol. The zero-order chi connectivity index (χ0) is 34.0. The number of methoxy groups -OCH3 is 2. The van der Waals surface area contributed by atoms with E-state index in [2.05, 4.69) is 13.8 Å². The molecule has 1 unspecified atom stereocenters. The molecule has 248 valence electrons. The molecule has 0 saturated heterocycles. The molecule has 0 aliphatic heterocycles. The second-order valence-electron chi connectivity index (χ2n) is 9.97. The summed E-state index contributed by atoms with van der Waals surface area (Å²) >= 11 is 6.48. The van der Waals surface area contributed by atoms with E-state index in [4.69, 9.17) is 40.4 Å². The highest BCUT2D eigenvalue weighted by atomic mass is 35.5. The first-order valence-corrected chi connectivity index (χ1v) is 15.3. The number of halogens is 2. The number of alkyl halides is 1. The summed E-state index contributed by atoms with van der Waals surface area (Å²) in [5.41, 5.74) is 1.34. The number of carbonyl (C=O) groups excluding carboxylic acids is 1. The highest BCUT2D eigenvalue weighted by Gasteiger charge is 2.35. The maximum atomic E-state index is 16.1. The van der Waals surface area contributed by atoms with E-state index in [9.17, 15) is 4.79 Å². The highest BCUT2D eigenvalue weighted by molar-refractivity contribution is 6.30. The summed E-state index contributed by atoms with van der Waals surface area (Å²) in [4.78, 5) is 22.4. The number of ether oxygens (including phenoxy) is 4. The zero-order valence-corrected chi connectivity index (χ0v) is 28.3. The summed E-state index contributed by atoms with van der Waals surface area (Å²) < 4.78 is 39.1. The number of carboxylic acid groups (broad SMARTS) is 1. The Morgan fingerprint density at radius 2 is 1.60 bits per heavy atom. The lowest BCUT2D eigenvalue weighted by Crippen LogP contribution is -2.25. The van der Waals surface area contributed by atoms with Crippen LogP contribution in [-0.2, 0) is 26.5 Å². The number of hydrogen-bond acceptors (Lipinski definition) is 6. The molecule has 0 fully saturated rings. The first kappa shape index (κ1) is 39.2. The molecule has 3 aromatic rings. The van der Waals surface area contributed by atoms with Gasteiger partial charge in [-0.25, -0.2) is 4.39 Å². The first-order chi connectivity index (χ1) is 21.6. The molecule has 45 heavy (non-hydrogen) atoms. The van der Waals surface area contributed by atoms with Gasteiger partial charge in [0.15, 0.2) is 0 Å². The molecule has 0 aromatic heterocycles. The molecule has 0 aliphatic rings. The number of amides is 1. The van der Waals surface area contributed by atoms with Crippen LogP contribution in [0.3, 0.4) is 0 Å². The van der Waals surface area contributed by atoms with E-state index in [0.29, 0.717) is 57.9 Å². The van der Waals surface area contributed by atoms with Crippen LogP contribution in [-0.4, -0.2) is 45.4 Å². The lowest BCUT2D eigenvalue weighted by Gasteiger charge is -2.31. The molecule has 3 rings (SSSR count). The number of nitrogens with zero attached hydrogens (tertiary/aromatic N) is 1. The lowest BCUT2D eigenvalue weighted by molar-refractivity contribution is -0.122. The number of rotatable bonds is 14. The Morgan fingerprint density at radius 3 is 2.13 bits per heavy atom.